The summed E-state index contributed by atoms with van der Waals surface area (Å²) in [5.74, 6) is 1.44. The van der Waals surface area contributed by atoms with E-state index in [0.29, 0.717) is 12.5 Å². The van der Waals surface area contributed by atoms with Crippen molar-refractivity contribution in [3.63, 3.8) is 0 Å². The van der Waals surface area contributed by atoms with Crippen molar-refractivity contribution in [1.29, 1.82) is 0 Å². The summed E-state index contributed by atoms with van der Waals surface area (Å²) in [6, 6.07) is 7.32. The number of rotatable bonds is 8. The van der Waals surface area contributed by atoms with E-state index in [-0.39, 0.29) is 17.9 Å². The molecule has 1 aromatic carbocycles. The van der Waals surface area contributed by atoms with Crippen molar-refractivity contribution in [2.45, 2.75) is 53.1 Å². The Morgan fingerprint density at radius 3 is 2.27 bits per heavy atom. The summed E-state index contributed by atoms with van der Waals surface area (Å²) in [6.45, 7) is 10.9. The van der Waals surface area contributed by atoms with E-state index in [1.165, 1.54) is 0 Å². The average molecular weight is 306 g/mol. The topological polar surface area (TPSA) is 64.4 Å². The Bertz CT molecular complexity index is 457. The molecule has 1 amide bonds. The van der Waals surface area contributed by atoms with Crippen LogP contribution in [0.15, 0.2) is 24.3 Å². The lowest BCUT2D eigenvalue weighted by Crippen LogP contribution is -2.45. The highest BCUT2D eigenvalue weighted by Gasteiger charge is 2.21. The zero-order valence-corrected chi connectivity index (χ0v) is 14.4. The number of ether oxygens (including phenoxy) is 1. The van der Waals surface area contributed by atoms with E-state index in [1.807, 2.05) is 45.0 Å². The molecular formula is C18H30N2O2. The lowest BCUT2D eigenvalue weighted by molar-refractivity contribution is -0.124. The van der Waals surface area contributed by atoms with Gasteiger partial charge in [-0.2, -0.15) is 0 Å². The second kappa shape index (κ2) is 8.79. The van der Waals surface area contributed by atoms with E-state index in [2.05, 4.69) is 19.2 Å². The molecule has 1 aromatic rings. The summed E-state index contributed by atoms with van der Waals surface area (Å²) in [5.41, 5.74) is 7.00. The minimum Gasteiger partial charge on any atom is -0.493 e. The van der Waals surface area contributed by atoms with Gasteiger partial charge in [-0.3, -0.25) is 4.79 Å². The molecule has 0 saturated heterocycles. The van der Waals surface area contributed by atoms with Crippen LogP contribution in [0.2, 0.25) is 0 Å². The summed E-state index contributed by atoms with van der Waals surface area (Å²) in [4.78, 5) is 12.1. The fourth-order valence-electron chi connectivity index (χ4n) is 2.02. The van der Waals surface area contributed by atoms with Gasteiger partial charge in [-0.05, 0) is 36.5 Å². The lowest BCUT2D eigenvalue weighted by atomic mass is 9.98. The van der Waals surface area contributed by atoms with E-state index in [4.69, 9.17) is 10.5 Å². The van der Waals surface area contributed by atoms with Crippen LogP contribution >= 0.6 is 0 Å². The summed E-state index contributed by atoms with van der Waals surface area (Å²) in [7, 11) is 0. The third kappa shape index (κ3) is 5.68. The molecule has 0 bridgehead atoms. The molecule has 0 aromatic heterocycles. The van der Waals surface area contributed by atoms with Gasteiger partial charge in [0.1, 0.15) is 5.75 Å². The fourth-order valence-corrected chi connectivity index (χ4v) is 2.02. The van der Waals surface area contributed by atoms with Crippen molar-refractivity contribution in [2.75, 3.05) is 6.61 Å². The van der Waals surface area contributed by atoms with Crippen LogP contribution < -0.4 is 15.8 Å². The fraction of sp³-hybridized carbons (Fsp3) is 0.611. The number of benzene rings is 1. The van der Waals surface area contributed by atoms with Crippen molar-refractivity contribution in [3.8, 4) is 5.75 Å². The largest absolute Gasteiger partial charge is 0.493 e. The number of carbonyl (C=O) groups excluding carboxylic acids is 1. The molecule has 0 spiro atoms. The quantitative estimate of drug-likeness (QED) is 0.774. The number of nitrogens with two attached hydrogens (primary N) is 1. The van der Waals surface area contributed by atoms with E-state index in [9.17, 15) is 4.79 Å². The number of nitrogens with one attached hydrogen (secondary N) is 1. The molecule has 0 fully saturated rings. The molecule has 0 radical (unpaired) electrons. The van der Waals surface area contributed by atoms with Crippen LogP contribution in [0.1, 0.15) is 52.6 Å². The van der Waals surface area contributed by atoms with Gasteiger partial charge in [-0.25, -0.2) is 0 Å². The van der Waals surface area contributed by atoms with Crippen molar-refractivity contribution < 1.29 is 9.53 Å². The Balaban J connectivity index is 2.58. The molecule has 124 valence electrons. The molecule has 0 aliphatic carbocycles. The van der Waals surface area contributed by atoms with Crippen LogP contribution in [0.3, 0.4) is 0 Å². The summed E-state index contributed by atoms with van der Waals surface area (Å²) < 4.78 is 5.66. The van der Waals surface area contributed by atoms with Gasteiger partial charge in [0.25, 0.3) is 0 Å². The van der Waals surface area contributed by atoms with Crippen LogP contribution in [0.5, 0.6) is 5.75 Å². The molecule has 4 nitrogen and oxygen atoms in total. The van der Waals surface area contributed by atoms with Crippen LogP contribution in [-0.4, -0.2) is 18.6 Å². The van der Waals surface area contributed by atoms with Crippen LogP contribution in [0, 0.1) is 11.8 Å². The molecule has 0 aliphatic heterocycles. The molecule has 3 atom stereocenters. The third-order valence-electron chi connectivity index (χ3n) is 3.88. The SMILES string of the molecule is CCC(C)C(N)C(=O)NC(C)c1ccc(OCC(C)C)cc1. The first-order chi connectivity index (χ1) is 10.3. The van der Waals surface area contributed by atoms with Gasteiger partial charge in [0.2, 0.25) is 5.91 Å². The van der Waals surface area contributed by atoms with Crippen molar-refractivity contribution in [2.24, 2.45) is 17.6 Å². The van der Waals surface area contributed by atoms with Gasteiger partial charge < -0.3 is 15.8 Å². The average Bonchev–Trinajstić information content (AvgIpc) is 2.51. The third-order valence-corrected chi connectivity index (χ3v) is 3.88. The maximum absolute atomic E-state index is 12.1. The highest BCUT2D eigenvalue weighted by Crippen LogP contribution is 2.18. The molecule has 3 N–H and O–H groups in total. The second-order valence-electron chi connectivity index (χ2n) is 6.42. The maximum atomic E-state index is 12.1. The summed E-state index contributed by atoms with van der Waals surface area (Å²) >= 11 is 0. The van der Waals surface area contributed by atoms with E-state index in [1.54, 1.807) is 0 Å². The molecule has 0 aliphatic rings. The first kappa shape index (κ1) is 18.5. The Kier molecular flexibility index (Phi) is 7.39. The standard InChI is InChI=1S/C18H30N2O2/c1-6-13(4)17(19)18(21)20-14(5)15-7-9-16(10-8-15)22-11-12(2)3/h7-10,12-14,17H,6,11,19H2,1-5H3,(H,20,21). The van der Waals surface area contributed by atoms with Crippen molar-refractivity contribution >= 4 is 5.91 Å². The predicted octanol–water partition coefficient (Wildman–Crippen LogP) is 3.27. The van der Waals surface area contributed by atoms with Gasteiger partial charge in [0, 0.05) is 0 Å². The Hall–Kier alpha value is -1.55. The monoisotopic (exact) mass is 306 g/mol. The Morgan fingerprint density at radius 2 is 1.77 bits per heavy atom. The van der Waals surface area contributed by atoms with Gasteiger partial charge in [-0.15, -0.1) is 0 Å². The number of hydrogen-bond acceptors (Lipinski definition) is 3. The smallest absolute Gasteiger partial charge is 0.237 e. The van der Waals surface area contributed by atoms with Crippen molar-refractivity contribution in [3.05, 3.63) is 29.8 Å². The number of hydrogen-bond donors (Lipinski definition) is 2. The minimum atomic E-state index is -0.457. The predicted molar refractivity (Wildman–Crippen MR) is 90.8 cm³/mol. The molecule has 0 heterocycles. The van der Waals surface area contributed by atoms with E-state index >= 15 is 0 Å². The normalized spacial score (nSPS) is 15.2. The second-order valence-corrected chi connectivity index (χ2v) is 6.42. The molecule has 0 saturated carbocycles. The number of carbonyl (C=O) groups is 1. The highest BCUT2D eigenvalue weighted by molar-refractivity contribution is 5.82. The van der Waals surface area contributed by atoms with E-state index in [0.717, 1.165) is 17.7 Å². The first-order valence-electron chi connectivity index (χ1n) is 8.13. The summed E-state index contributed by atoms with van der Waals surface area (Å²) in [5, 5.41) is 2.98. The van der Waals surface area contributed by atoms with Crippen LogP contribution in [0.4, 0.5) is 0 Å². The van der Waals surface area contributed by atoms with Gasteiger partial charge >= 0.3 is 0 Å². The molecule has 1 rings (SSSR count). The van der Waals surface area contributed by atoms with Crippen molar-refractivity contribution in [1.82, 2.24) is 5.32 Å². The highest BCUT2D eigenvalue weighted by atomic mass is 16.5. The van der Waals surface area contributed by atoms with E-state index < -0.39 is 6.04 Å². The Morgan fingerprint density at radius 1 is 1.18 bits per heavy atom. The molecular weight excluding hydrogens is 276 g/mol. The van der Waals surface area contributed by atoms with Crippen LogP contribution in [-0.2, 0) is 4.79 Å². The zero-order valence-electron chi connectivity index (χ0n) is 14.4. The van der Waals surface area contributed by atoms with Gasteiger partial charge in [0.05, 0.1) is 18.7 Å². The van der Waals surface area contributed by atoms with Gasteiger partial charge in [-0.1, -0.05) is 46.2 Å². The molecule has 3 unspecified atom stereocenters. The molecule has 4 heteroatoms. The van der Waals surface area contributed by atoms with Gasteiger partial charge in [0.15, 0.2) is 0 Å². The Labute approximate surface area is 134 Å². The first-order valence-corrected chi connectivity index (χ1v) is 8.13. The van der Waals surface area contributed by atoms with Crippen LogP contribution in [0.25, 0.3) is 0 Å². The number of amides is 1. The lowest BCUT2D eigenvalue weighted by Gasteiger charge is -2.21. The summed E-state index contributed by atoms with van der Waals surface area (Å²) in [6.07, 6.45) is 0.894. The minimum absolute atomic E-state index is 0.0678. The maximum Gasteiger partial charge on any atom is 0.237 e. The molecule has 22 heavy (non-hydrogen) atoms. The zero-order chi connectivity index (χ0) is 16.7.